The van der Waals surface area contributed by atoms with E-state index in [1.54, 1.807) is 14.2 Å². The molecule has 0 aliphatic carbocycles. The van der Waals surface area contributed by atoms with Gasteiger partial charge in [-0.05, 0) is 23.3 Å². The van der Waals surface area contributed by atoms with Crippen LogP contribution in [0.25, 0.3) is 11.1 Å². The number of hydrogen-bond acceptors (Lipinski definition) is 3. The van der Waals surface area contributed by atoms with Crippen LogP contribution in [0.3, 0.4) is 0 Å². The highest BCUT2D eigenvalue weighted by Gasteiger charge is 2.10. The van der Waals surface area contributed by atoms with Crippen LogP contribution in [0.5, 0.6) is 11.5 Å². The van der Waals surface area contributed by atoms with Crippen molar-refractivity contribution in [1.82, 2.24) is 0 Å². The molecule has 0 saturated carbocycles. The SMILES string of the molecule is COc1cc(-c2ccccc2)cc(N)c1OC. The number of anilines is 1. The molecule has 17 heavy (non-hydrogen) atoms. The van der Waals surface area contributed by atoms with E-state index in [9.17, 15) is 0 Å². The van der Waals surface area contributed by atoms with E-state index in [-0.39, 0.29) is 0 Å². The second-order valence-corrected chi connectivity index (χ2v) is 3.67. The molecular formula is C14H15NO2. The number of methoxy groups -OCH3 is 2. The number of nitrogen functional groups attached to an aromatic ring is 1. The van der Waals surface area contributed by atoms with Crippen LogP contribution in [0.4, 0.5) is 5.69 Å². The van der Waals surface area contributed by atoms with Gasteiger partial charge in [0.2, 0.25) is 0 Å². The lowest BCUT2D eigenvalue weighted by Gasteiger charge is -2.12. The molecule has 2 N–H and O–H groups in total. The topological polar surface area (TPSA) is 44.5 Å². The molecule has 2 aromatic rings. The van der Waals surface area contributed by atoms with Crippen LogP contribution in [0, 0.1) is 0 Å². The number of rotatable bonds is 3. The average molecular weight is 229 g/mol. The van der Waals surface area contributed by atoms with Gasteiger partial charge in [0.05, 0.1) is 19.9 Å². The van der Waals surface area contributed by atoms with Gasteiger partial charge >= 0.3 is 0 Å². The normalized spacial score (nSPS) is 10.0. The minimum Gasteiger partial charge on any atom is -0.493 e. The van der Waals surface area contributed by atoms with E-state index in [0.717, 1.165) is 11.1 Å². The molecule has 0 radical (unpaired) electrons. The first-order chi connectivity index (χ1) is 8.26. The van der Waals surface area contributed by atoms with Crippen molar-refractivity contribution < 1.29 is 9.47 Å². The molecule has 0 fully saturated rings. The van der Waals surface area contributed by atoms with Gasteiger partial charge < -0.3 is 15.2 Å². The quantitative estimate of drug-likeness (QED) is 0.823. The average Bonchev–Trinajstić information content (AvgIpc) is 2.38. The van der Waals surface area contributed by atoms with Gasteiger partial charge in [-0.3, -0.25) is 0 Å². The van der Waals surface area contributed by atoms with Crippen LogP contribution in [0.1, 0.15) is 0 Å². The maximum atomic E-state index is 5.94. The van der Waals surface area contributed by atoms with Gasteiger partial charge in [-0.15, -0.1) is 0 Å². The maximum Gasteiger partial charge on any atom is 0.183 e. The molecule has 0 atom stereocenters. The Bertz CT molecular complexity index is 509. The van der Waals surface area contributed by atoms with Crippen molar-refractivity contribution >= 4 is 5.69 Å². The van der Waals surface area contributed by atoms with Gasteiger partial charge in [-0.25, -0.2) is 0 Å². The first kappa shape index (κ1) is 11.3. The highest BCUT2D eigenvalue weighted by Crippen LogP contribution is 2.37. The minimum atomic E-state index is 0.575. The summed E-state index contributed by atoms with van der Waals surface area (Å²) in [5, 5.41) is 0. The molecule has 2 rings (SSSR count). The van der Waals surface area contributed by atoms with E-state index in [1.165, 1.54) is 0 Å². The van der Waals surface area contributed by atoms with Crippen molar-refractivity contribution in [3.63, 3.8) is 0 Å². The van der Waals surface area contributed by atoms with E-state index in [2.05, 4.69) is 0 Å². The molecule has 88 valence electrons. The zero-order valence-electron chi connectivity index (χ0n) is 9.94. The number of nitrogens with two attached hydrogens (primary N) is 1. The third-order valence-corrected chi connectivity index (χ3v) is 2.61. The van der Waals surface area contributed by atoms with Gasteiger partial charge in [0.25, 0.3) is 0 Å². The predicted octanol–water partition coefficient (Wildman–Crippen LogP) is 2.95. The zero-order chi connectivity index (χ0) is 12.3. The number of ether oxygens (including phenoxy) is 2. The summed E-state index contributed by atoms with van der Waals surface area (Å²) >= 11 is 0. The summed E-state index contributed by atoms with van der Waals surface area (Å²) in [6, 6.07) is 13.8. The molecule has 0 aromatic heterocycles. The van der Waals surface area contributed by atoms with E-state index >= 15 is 0 Å². The summed E-state index contributed by atoms with van der Waals surface area (Å²) < 4.78 is 10.5. The highest BCUT2D eigenvalue weighted by atomic mass is 16.5. The second kappa shape index (κ2) is 4.78. The molecule has 0 aliphatic rings. The van der Waals surface area contributed by atoms with Crippen LogP contribution in [-0.4, -0.2) is 14.2 Å². The lowest BCUT2D eigenvalue weighted by Crippen LogP contribution is -1.97. The van der Waals surface area contributed by atoms with Gasteiger partial charge in [-0.1, -0.05) is 30.3 Å². The molecule has 3 nitrogen and oxygen atoms in total. The fourth-order valence-electron chi connectivity index (χ4n) is 1.79. The molecule has 3 heteroatoms. The Morgan fingerprint density at radius 1 is 0.882 bits per heavy atom. The van der Waals surface area contributed by atoms with Crippen LogP contribution in [0.2, 0.25) is 0 Å². The van der Waals surface area contributed by atoms with Crippen molar-refractivity contribution in [2.45, 2.75) is 0 Å². The molecule has 0 heterocycles. The zero-order valence-corrected chi connectivity index (χ0v) is 9.94. The van der Waals surface area contributed by atoms with E-state index in [1.807, 2.05) is 42.5 Å². The highest BCUT2D eigenvalue weighted by molar-refractivity contribution is 5.74. The van der Waals surface area contributed by atoms with Crippen LogP contribution in [-0.2, 0) is 0 Å². The third kappa shape index (κ3) is 2.18. The second-order valence-electron chi connectivity index (χ2n) is 3.67. The van der Waals surface area contributed by atoms with Gasteiger partial charge in [0, 0.05) is 0 Å². The molecule has 0 bridgehead atoms. The summed E-state index contributed by atoms with van der Waals surface area (Å²) in [5.74, 6) is 1.22. The predicted molar refractivity (Wildman–Crippen MR) is 69.4 cm³/mol. The maximum absolute atomic E-state index is 5.94. The Morgan fingerprint density at radius 3 is 2.18 bits per heavy atom. The molecule has 0 saturated heterocycles. The van der Waals surface area contributed by atoms with Gasteiger partial charge in [-0.2, -0.15) is 0 Å². The fraction of sp³-hybridized carbons (Fsp3) is 0.143. The molecule has 2 aromatic carbocycles. The van der Waals surface area contributed by atoms with E-state index < -0.39 is 0 Å². The van der Waals surface area contributed by atoms with Crippen molar-refractivity contribution in [3.05, 3.63) is 42.5 Å². The standard InChI is InChI=1S/C14H15NO2/c1-16-13-9-11(8-12(15)14(13)17-2)10-6-4-3-5-7-10/h3-9H,15H2,1-2H3. The largest absolute Gasteiger partial charge is 0.493 e. The Kier molecular flexibility index (Phi) is 3.19. The molecule has 0 unspecified atom stereocenters. The summed E-state index contributed by atoms with van der Waals surface area (Å²) in [6.07, 6.45) is 0. The lowest BCUT2D eigenvalue weighted by atomic mass is 10.0. The fourth-order valence-corrected chi connectivity index (χ4v) is 1.79. The molecule has 0 spiro atoms. The smallest absolute Gasteiger partial charge is 0.183 e. The van der Waals surface area contributed by atoms with Crippen molar-refractivity contribution in [2.75, 3.05) is 20.0 Å². The number of hydrogen-bond donors (Lipinski definition) is 1. The molecular weight excluding hydrogens is 214 g/mol. The van der Waals surface area contributed by atoms with Gasteiger partial charge in [0.15, 0.2) is 11.5 Å². The minimum absolute atomic E-state index is 0.575. The third-order valence-electron chi connectivity index (χ3n) is 2.61. The number of benzene rings is 2. The first-order valence-electron chi connectivity index (χ1n) is 5.33. The lowest BCUT2D eigenvalue weighted by molar-refractivity contribution is 0.356. The van der Waals surface area contributed by atoms with Crippen LogP contribution < -0.4 is 15.2 Å². The summed E-state index contributed by atoms with van der Waals surface area (Å²) in [4.78, 5) is 0. The monoisotopic (exact) mass is 229 g/mol. The first-order valence-corrected chi connectivity index (χ1v) is 5.33. The van der Waals surface area contributed by atoms with E-state index in [4.69, 9.17) is 15.2 Å². The van der Waals surface area contributed by atoms with Gasteiger partial charge in [0.1, 0.15) is 0 Å². The van der Waals surface area contributed by atoms with Crippen molar-refractivity contribution in [1.29, 1.82) is 0 Å². The van der Waals surface area contributed by atoms with Crippen LogP contribution in [0.15, 0.2) is 42.5 Å². The van der Waals surface area contributed by atoms with Crippen LogP contribution >= 0.6 is 0 Å². The Labute approximate surface area is 101 Å². The Morgan fingerprint density at radius 2 is 1.59 bits per heavy atom. The Hall–Kier alpha value is -2.16. The van der Waals surface area contributed by atoms with Crippen molar-refractivity contribution in [3.8, 4) is 22.6 Å². The summed E-state index contributed by atoms with van der Waals surface area (Å²) in [5.41, 5.74) is 8.63. The van der Waals surface area contributed by atoms with E-state index in [0.29, 0.717) is 17.2 Å². The summed E-state index contributed by atoms with van der Waals surface area (Å²) in [7, 11) is 3.18. The molecule has 0 aliphatic heterocycles. The van der Waals surface area contributed by atoms with Crippen molar-refractivity contribution in [2.24, 2.45) is 0 Å². The Balaban J connectivity index is 2.54. The summed E-state index contributed by atoms with van der Waals surface area (Å²) in [6.45, 7) is 0. The molecule has 0 amide bonds.